The number of halogens is 1. The van der Waals surface area contributed by atoms with Crippen LogP contribution in [0, 0.1) is 5.92 Å². The molecule has 0 amide bonds. The molecule has 0 bridgehead atoms. The molecule has 0 heterocycles. The standard InChI is InChI=1S/C7H14INO/c8-9-5-6-1-3-7(10)4-2-6/h6-7,9-10H,1-5H2. The zero-order valence-corrected chi connectivity index (χ0v) is 8.17. The van der Waals surface area contributed by atoms with Crippen molar-refractivity contribution in [1.82, 2.24) is 3.53 Å². The summed E-state index contributed by atoms with van der Waals surface area (Å²) in [5.74, 6) is 0.806. The first-order chi connectivity index (χ1) is 4.83. The van der Waals surface area contributed by atoms with Gasteiger partial charge in [-0.3, -0.25) is 3.53 Å². The minimum Gasteiger partial charge on any atom is -0.393 e. The number of aliphatic hydroxyl groups is 1. The van der Waals surface area contributed by atoms with Crippen LogP contribution in [-0.2, 0) is 0 Å². The van der Waals surface area contributed by atoms with E-state index in [4.69, 9.17) is 0 Å². The highest BCUT2D eigenvalue weighted by atomic mass is 127. The summed E-state index contributed by atoms with van der Waals surface area (Å²) in [6, 6.07) is 0. The van der Waals surface area contributed by atoms with Gasteiger partial charge in [0.15, 0.2) is 0 Å². The van der Waals surface area contributed by atoms with Crippen molar-refractivity contribution < 1.29 is 5.11 Å². The molecule has 60 valence electrons. The van der Waals surface area contributed by atoms with E-state index in [0.717, 1.165) is 25.3 Å². The maximum absolute atomic E-state index is 9.17. The van der Waals surface area contributed by atoms with E-state index in [-0.39, 0.29) is 6.10 Å². The molecule has 1 rings (SSSR count). The molecule has 1 fully saturated rings. The lowest BCUT2D eigenvalue weighted by Crippen LogP contribution is -2.23. The number of hydrogen-bond donors (Lipinski definition) is 2. The Labute approximate surface area is 75.9 Å². The lowest BCUT2D eigenvalue weighted by molar-refractivity contribution is 0.110. The summed E-state index contributed by atoms with van der Waals surface area (Å²) in [5, 5.41) is 9.17. The van der Waals surface area contributed by atoms with E-state index in [9.17, 15) is 5.11 Å². The molecule has 10 heavy (non-hydrogen) atoms. The quantitative estimate of drug-likeness (QED) is 0.578. The zero-order valence-electron chi connectivity index (χ0n) is 6.02. The molecule has 0 atom stereocenters. The van der Waals surface area contributed by atoms with Crippen molar-refractivity contribution in [3.8, 4) is 0 Å². The first-order valence-corrected chi connectivity index (χ1v) is 4.92. The SMILES string of the molecule is OC1CCC(CNI)CC1. The van der Waals surface area contributed by atoms with E-state index in [1.807, 2.05) is 0 Å². The Morgan fingerprint density at radius 1 is 1.30 bits per heavy atom. The van der Waals surface area contributed by atoms with Crippen LogP contribution in [-0.4, -0.2) is 17.8 Å². The second-order valence-corrected chi connectivity index (χ2v) is 3.78. The summed E-state index contributed by atoms with van der Waals surface area (Å²) >= 11 is 2.18. The largest absolute Gasteiger partial charge is 0.393 e. The lowest BCUT2D eigenvalue weighted by Gasteiger charge is -2.24. The van der Waals surface area contributed by atoms with Crippen LogP contribution in [0.25, 0.3) is 0 Å². The monoisotopic (exact) mass is 255 g/mol. The van der Waals surface area contributed by atoms with Crippen molar-refractivity contribution in [3.63, 3.8) is 0 Å². The summed E-state index contributed by atoms with van der Waals surface area (Å²) in [6.07, 6.45) is 4.38. The molecule has 0 radical (unpaired) electrons. The van der Waals surface area contributed by atoms with Crippen LogP contribution in [0.4, 0.5) is 0 Å². The Morgan fingerprint density at radius 3 is 2.40 bits per heavy atom. The number of aliphatic hydroxyl groups excluding tert-OH is 1. The molecule has 2 nitrogen and oxygen atoms in total. The number of nitrogens with one attached hydrogen (secondary N) is 1. The topological polar surface area (TPSA) is 32.3 Å². The summed E-state index contributed by atoms with van der Waals surface area (Å²) in [5.41, 5.74) is 0. The first-order valence-electron chi connectivity index (χ1n) is 3.84. The van der Waals surface area contributed by atoms with E-state index >= 15 is 0 Å². The molecule has 2 N–H and O–H groups in total. The highest BCUT2D eigenvalue weighted by molar-refractivity contribution is 14.1. The van der Waals surface area contributed by atoms with Crippen LogP contribution in [0.2, 0.25) is 0 Å². The van der Waals surface area contributed by atoms with Crippen LogP contribution >= 0.6 is 22.9 Å². The van der Waals surface area contributed by atoms with Gasteiger partial charge in [-0.05, 0) is 31.6 Å². The van der Waals surface area contributed by atoms with Gasteiger partial charge >= 0.3 is 0 Å². The second-order valence-electron chi connectivity index (χ2n) is 3.01. The van der Waals surface area contributed by atoms with E-state index in [1.165, 1.54) is 12.8 Å². The third-order valence-electron chi connectivity index (χ3n) is 2.18. The van der Waals surface area contributed by atoms with Crippen molar-refractivity contribution in [2.75, 3.05) is 6.54 Å². The van der Waals surface area contributed by atoms with Crippen LogP contribution in [0.5, 0.6) is 0 Å². The third-order valence-corrected chi connectivity index (χ3v) is 2.62. The molecule has 1 saturated carbocycles. The van der Waals surface area contributed by atoms with Gasteiger partial charge in [0.2, 0.25) is 0 Å². The molecular weight excluding hydrogens is 241 g/mol. The van der Waals surface area contributed by atoms with Gasteiger partial charge in [0.05, 0.1) is 6.10 Å². The van der Waals surface area contributed by atoms with Gasteiger partial charge in [-0.25, -0.2) is 0 Å². The number of hydrogen-bond acceptors (Lipinski definition) is 2. The average molecular weight is 255 g/mol. The molecular formula is C7H14INO. The van der Waals surface area contributed by atoms with E-state index in [2.05, 4.69) is 26.4 Å². The summed E-state index contributed by atoms with van der Waals surface area (Å²) < 4.78 is 3.14. The van der Waals surface area contributed by atoms with Crippen LogP contribution in [0.15, 0.2) is 0 Å². The van der Waals surface area contributed by atoms with Gasteiger partial charge in [0.1, 0.15) is 0 Å². The molecule has 0 aromatic heterocycles. The number of rotatable bonds is 2. The van der Waals surface area contributed by atoms with E-state index in [0.29, 0.717) is 0 Å². The molecule has 0 unspecified atom stereocenters. The molecule has 1 aliphatic rings. The van der Waals surface area contributed by atoms with Gasteiger partial charge in [0.25, 0.3) is 0 Å². The van der Waals surface area contributed by atoms with Crippen molar-refractivity contribution in [2.45, 2.75) is 31.8 Å². The third kappa shape index (κ3) is 2.72. The zero-order chi connectivity index (χ0) is 7.40. The minimum atomic E-state index is -0.00883. The van der Waals surface area contributed by atoms with Crippen LogP contribution in [0.3, 0.4) is 0 Å². The van der Waals surface area contributed by atoms with Crippen LogP contribution in [0.1, 0.15) is 25.7 Å². The van der Waals surface area contributed by atoms with Gasteiger partial charge in [0, 0.05) is 29.4 Å². The molecule has 0 saturated heterocycles. The Bertz CT molecular complexity index is 91.6. The van der Waals surface area contributed by atoms with Crippen molar-refractivity contribution in [2.24, 2.45) is 5.92 Å². The molecule has 1 aliphatic carbocycles. The molecule has 0 aromatic rings. The van der Waals surface area contributed by atoms with Gasteiger partial charge in [-0.15, -0.1) is 0 Å². The van der Waals surface area contributed by atoms with Crippen molar-refractivity contribution >= 4 is 22.9 Å². The highest BCUT2D eigenvalue weighted by Crippen LogP contribution is 2.23. The van der Waals surface area contributed by atoms with Crippen molar-refractivity contribution in [3.05, 3.63) is 0 Å². The Hall–Kier alpha value is 0.650. The fraction of sp³-hybridized carbons (Fsp3) is 1.00. The van der Waals surface area contributed by atoms with Crippen LogP contribution < -0.4 is 3.53 Å². The molecule has 0 aromatic carbocycles. The van der Waals surface area contributed by atoms with Crippen molar-refractivity contribution in [1.29, 1.82) is 0 Å². The molecule has 0 spiro atoms. The van der Waals surface area contributed by atoms with E-state index in [1.54, 1.807) is 0 Å². The Balaban J connectivity index is 2.13. The second kappa shape index (κ2) is 4.51. The van der Waals surface area contributed by atoms with Gasteiger partial charge in [-0.2, -0.15) is 0 Å². The van der Waals surface area contributed by atoms with Gasteiger partial charge in [-0.1, -0.05) is 0 Å². The average Bonchev–Trinajstić information content (AvgIpc) is 1.95. The van der Waals surface area contributed by atoms with Gasteiger partial charge < -0.3 is 5.11 Å². The summed E-state index contributed by atoms with van der Waals surface area (Å²) in [4.78, 5) is 0. The maximum atomic E-state index is 9.17. The lowest BCUT2D eigenvalue weighted by atomic mass is 9.88. The summed E-state index contributed by atoms with van der Waals surface area (Å²) in [7, 11) is 0. The molecule has 0 aliphatic heterocycles. The smallest absolute Gasteiger partial charge is 0.0540 e. The first kappa shape index (κ1) is 8.74. The highest BCUT2D eigenvalue weighted by Gasteiger charge is 2.18. The maximum Gasteiger partial charge on any atom is 0.0540 e. The Morgan fingerprint density at radius 2 is 1.90 bits per heavy atom. The normalized spacial score (nSPS) is 34.2. The predicted molar refractivity (Wildman–Crippen MR) is 50.0 cm³/mol. The molecule has 3 heteroatoms. The fourth-order valence-corrected chi connectivity index (χ4v) is 2.08. The summed E-state index contributed by atoms with van der Waals surface area (Å²) in [6.45, 7) is 1.10. The fourth-order valence-electron chi connectivity index (χ4n) is 1.46. The van der Waals surface area contributed by atoms with E-state index < -0.39 is 0 Å². The minimum absolute atomic E-state index is 0.00883. The Kier molecular flexibility index (Phi) is 3.95. The predicted octanol–water partition coefficient (Wildman–Crippen LogP) is 1.48.